The number of rotatable bonds is 5. The van der Waals surface area contributed by atoms with Crippen LogP contribution in [0.4, 0.5) is 0 Å². The molecule has 0 aromatic heterocycles. The largest absolute Gasteiger partial charge is 0.490 e. The minimum atomic E-state index is 0.0318. The fourth-order valence-corrected chi connectivity index (χ4v) is 2.33. The molecule has 3 nitrogen and oxygen atoms in total. The zero-order valence-corrected chi connectivity index (χ0v) is 11.4. The number of Topliss-reactive ketones (excluding diaryl/α,β-unsaturated/α-hetero) is 2. The van der Waals surface area contributed by atoms with Crippen LogP contribution in [0.5, 0.6) is 5.75 Å². The Morgan fingerprint density at radius 3 is 2.68 bits per heavy atom. The van der Waals surface area contributed by atoms with Gasteiger partial charge in [0.25, 0.3) is 0 Å². The second-order valence-electron chi connectivity index (χ2n) is 5.22. The Labute approximate surface area is 114 Å². The maximum Gasteiger partial charge on any atom is 0.136 e. The Morgan fingerprint density at radius 1 is 1.32 bits per heavy atom. The molecule has 1 aromatic rings. The Kier molecular flexibility index (Phi) is 4.72. The Bertz CT molecular complexity index is 448. The van der Waals surface area contributed by atoms with Crippen molar-refractivity contribution in [3.8, 4) is 5.75 Å². The number of carbonyl (C=O) groups is 2. The lowest BCUT2D eigenvalue weighted by Crippen LogP contribution is -2.25. The summed E-state index contributed by atoms with van der Waals surface area (Å²) < 4.78 is 5.82. The number of hydrogen-bond acceptors (Lipinski definition) is 3. The first-order valence-electron chi connectivity index (χ1n) is 6.90. The van der Waals surface area contributed by atoms with E-state index < -0.39 is 0 Å². The molecule has 0 saturated heterocycles. The molecule has 102 valence electrons. The Hall–Kier alpha value is -1.64. The van der Waals surface area contributed by atoms with Crippen LogP contribution in [-0.2, 0) is 16.0 Å². The van der Waals surface area contributed by atoms with Gasteiger partial charge >= 0.3 is 0 Å². The van der Waals surface area contributed by atoms with E-state index in [9.17, 15) is 9.59 Å². The molecule has 0 N–H and O–H groups in total. The summed E-state index contributed by atoms with van der Waals surface area (Å²) in [6.07, 6.45) is 4.51. The van der Waals surface area contributed by atoms with Gasteiger partial charge in [-0.25, -0.2) is 0 Å². The topological polar surface area (TPSA) is 43.4 Å². The van der Waals surface area contributed by atoms with Crippen LogP contribution in [0.25, 0.3) is 0 Å². The molecular formula is C16H20O3. The van der Waals surface area contributed by atoms with Gasteiger partial charge in [-0.2, -0.15) is 0 Å². The molecule has 1 saturated carbocycles. The first kappa shape index (κ1) is 13.8. The highest BCUT2D eigenvalue weighted by molar-refractivity contribution is 5.79. The van der Waals surface area contributed by atoms with Crippen molar-refractivity contribution in [1.82, 2.24) is 0 Å². The van der Waals surface area contributed by atoms with Crippen molar-refractivity contribution in [2.24, 2.45) is 0 Å². The first-order chi connectivity index (χ1) is 9.13. The third-order valence-corrected chi connectivity index (χ3v) is 3.43. The number of ether oxygens (including phenoxy) is 1. The van der Waals surface area contributed by atoms with Gasteiger partial charge in [-0.3, -0.25) is 4.79 Å². The molecule has 0 spiro atoms. The molecule has 1 atom stereocenters. The van der Waals surface area contributed by atoms with E-state index in [-0.39, 0.29) is 11.9 Å². The predicted octanol–water partition coefficient (Wildman–Crippen LogP) is 3.10. The van der Waals surface area contributed by atoms with Gasteiger partial charge < -0.3 is 9.53 Å². The highest BCUT2D eigenvalue weighted by Crippen LogP contribution is 2.22. The number of aryl methyl sites for hydroxylation is 1. The van der Waals surface area contributed by atoms with Crippen LogP contribution in [0, 0.1) is 0 Å². The highest BCUT2D eigenvalue weighted by atomic mass is 16.5. The van der Waals surface area contributed by atoms with Gasteiger partial charge in [0, 0.05) is 19.3 Å². The SMILES string of the molecule is CC(=O)CCc1ccc(OC2CCCC(=O)C2)cc1. The van der Waals surface area contributed by atoms with Crippen molar-refractivity contribution in [1.29, 1.82) is 0 Å². The second kappa shape index (κ2) is 6.50. The molecule has 0 aliphatic heterocycles. The summed E-state index contributed by atoms with van der Waals surface area (Å²) in [4.78, 5) is 22.3. The van der Waals surface area contributed by atoms with Gasteiger partial charge in [0.05, 0.1) is 0 Å². The van der Waals surface area contributed by atoms with Gasteiger partial charge in [-0.1, -0.05) is 12.1 Å². The van der Waals surface area contributed by atoms with Gasteiger partial charge in [0.2, 0.25) is 0 Å². The van der Waals surface area contributed by atoms with E-state index >= 15 is 0 Å². The molecule has 1 aliphatic carbocycles. The predicted molar refractivity (Wildman–Crippen MR) is 73.3 cm³/mol. The van der Waals surface area contributed by atoms with Crippen LogP contribution in [0.3, 0.4) is 0 Å². The zero-order valence-electron chi connectivity index (χ0n) is 11.4. The second-order valence-corrected chi connectivity index (χ2v) is 5.22. The lowest BCUT2D eigenvalue weighted by Gasteiger charge is -2.22. The van der Waals surface area contributed by atoms with E-state index in [1.807, 2.05) is 24.3 Å². The summed E-state index contributed by atoms with van der Waals surface area (Å²) in [7, 11) is 0. The highest BCUT2D eigenvalue weighted by Gasteiger charge is 2.20. The van der Waals surface area contributed by atoms with E-state index in [0.29, 0.717) is 25.0 Å². The molecular weight excluding hydrogens is 240 g/mol. The summed E-state index contributed by atoms with van der Waals surface area (Å²) in [6.45, 7) is 1.61. The maximum atomic E-state index is 11.4. The minimum Gasteiger partial charge on any atom is -0.490 e. The maximum absolute atomic E-state index is 11.4. The fraction of sp³-hybridized carbons (Fsp3) is 0.500. The standard InChI is InChI=1S/C16H20O3/c1-12(17)5-6-13-7-9-15(10-8-13)19-16-4-2-3-14(18)11-16/h7-10,16H,2-6,11H2,1H3. The van der Waals surface area contributed by atoms with E-state index in [1.165, 1.54) is 0 Å². The molecule has 3 heteroatoms. The molecule has 0 heterocycles. The van der Waals surface area contributed by atoms with Crippen LogP contribution < -0.4 is 4.74 Å². The monoisotopic (exact) mass is 260 g/mol. The van der Waals surface area contributed by atoms with Gasteiger partial charge in [0.15, 0.2) is 0 Å². The van der Waals surface area contributed by atoms with Crippen molar-refractivity contribution < 1.29 is 14.3 Å². The first-order valence-corrected chi connectivity index (χ1v) is 6.90. The van der Waals surface area contributed by atoms with Gasteiger partial charge in [0.1, 0.15) is 23.4 Å². The fourth-order valence-electron chi connectivity index (χ4n) is 2.33. The number of ketones is 2. The van der Waals surface area contributed by atoms with E-state index in [1.54, 1.807) is 6.92 Å². The Balaban J connectivity index is 1.87. The lowest BCUT2D eigenvalue weighted by molar-refractivity contribution is -0.122. The molecule has 1 aliphatic rings. The van der Waals surface area contributed by atoms with Crippen LogP contribution >= 0.6 is 0 Å². The molecule has 0 radical (unpaired) electrons. The number of benzene rings is 1. The van der Waals surface area contributed by atoms with Crippen LogP contribution in [0.15, 0.2) is 24.3 Å². The summed E-state index contributed by atoms with van der Waals surface area (Å²) in [5.41, 5.74) is 1.14. The Morgan fingerprint density at radius 2 is 2.05 bits per heavy atom. The minimum absolute atomic E-state index is 0.0318. The van der Waals surface area contributed by atoms with Crippen molar-refractivity contribution in [3.63, 3.8) is 0 Å². The molecule has 1 aromatic carbocycles. The van der Waals surface area contributed by atoms with E-state index in [0.717, 1.165) is 30.6 Å². The summed E-state index contributed by atoms with van der Waals surface area (Å²) in [5, 5.41) is 0. The van der Waals surface area contributed by atoms with E-state index in [2.05, 4.69) is 0 Å². The van der Waals surface area contributed by atoms with Crippen molar-refractivity contribution >= 4 is 11.6 Å². The molecule has 0 amide bonds. The van der Waals surface area contributed by atoms with Crippen molar-refractivity contribution in [2.45, 2.75) is 51.6 Å². The third-order valence-electron chi connectivity index (χ3n) is 3.43. The molecule has 0 bridgehead atoms. The smallest absolute Gasteiger partial charge is 0.136 e. The summed E-state index contributed by atoms with van der Waals surface area (Å²) >= 11 is 0. The molecule has 1 unspecified atom stereocenters. The third kappa shape index (κ3) is 4.51. The van der Waals surface area contributed by atoms with Crippen molar-refractivity contribution in [3.05, 3.63) is 29.8 Å². The van der Waals surface area contributed by atoms with Crippen LogP contribution in [0.1, 0.15) is 44.6 Å². The van der Waals surface area contributed by atoms with Gasteiger partial charge in [-0.05, 0) is 43.9 Å². The quantitative estimate of drug-likeness (QED) is 0.817. The average Bonchev–Trinajstić information content (AvgIpc) is 2.38. The lowest BCUT2D eigenvalue weighted by atomic mass is 9.96. The summed E-state index contributed by atoms with van der Waals surface area (Å²) in [6, 6.07) is 7.83. The number of hydrogen-bond donors (Lipinski definition) is 0. The number of carbonyl (C=O) groups excluding carboxylic acids is 2. The van der Waals surface area contributed by atoms with Gasteiger partial charge in [-0.15, -0.1) is 0 Å². The normalized spacial score (nSPS) is 19.2. The molecule has 19 heavy (non-hydrogen) atoms. The zero-order chi connectivity index (χ0) is 13.7. The average molecular weight is 260 g/mol. The molecule has 2 rings (SSSR count). The van der Waals surface area contributed by atoms with Crippen LogP contribution in [-0.4, -0.2) is 17.7 Å². The van der Waals surface area contributed by atoms with Crippen molar-refractivity contribution in [2.75, 3.05) is 0 Å². The van der Waals surface area contributed by atoms with Crippen LogP contribution in [0.2, 0.25) is 0 Å². The van der Waals surface area contributed by atoms with E-state index in [4.69, 9.17) is 4.74 Å². The summed E-state index contributed by atoms with van der Waals surface area (Å²) in [5.74, 6) is 1.32. The molecule has 1 fully saturated rings.